The Labute approximate surface area is 198 Å². The minimum Gasteiger partial charge on any atom is -0.481 e. The van der Waals surface area contributed by atoms with Crippen molar-refractivity contribution >= 4 is 18.0 Å². The lowest BCUT2D eigenvalue weighted by atomic mass is 9.96. The summed E-state index contributed by atoms with van der Waals surface area (Å²) in [7, 11) is 1.46. The lowest BCUT2D eigenvalue weighted by molar-refractivity contribution is -0.139. The van der Waals surface area contributed by atoms with Crippen LogP contribution in [0.1, 0.15) is 36.8 Å². The van der Waals surface area contributed by atoms with E-state index >= 15 is 0 Å². The molecule has 2 aromatic rings. The summed E-state index contributed by atoms with van der Waals surface area (Å²) in [6.07, 6.45) is 0.119. The summed E-state index contributed by atoms with van der Waals surface area (Å²) in [6.45, 7) is 2.12. The summed E-state index contributed by atoms with van der Waals surface area (Å²) < 4.78 is 10.9. The smallest absolute Gasteiger partial charge is 0.408 e. The third-order valence-electron chi connectivity index (χ3n) is 6.88. The van der Waals surface area contributed by atoms with E-state index in [9.17, 15) is 14.4 Å². The average Bonchev–Trinajstić information content (AvgIpc) is 3.56. The van der Waals surface area contributed by atoms with Crippen LogP contribution < -0.4 is 10.6 Å². The first-order valence-corrected chi connectivity index (χ1v) is 11.5. The highest BCUT2D eigenvalue weighted by molar-refractivity contribution is 5.90. The maximum Gasteiger partial charge on any atom is 0.408 e. The number of carboxylic acid groups (broad SMARTS) is 1. The molecule has 180 valence electrons. The summed E-state index contributed by atoms with van der Waals surface area (Å²) in [5, 5.41) is 14.6. The van der Waals surface area contributed by atoms with Gasteiger partial charge < -0.3 is 25.2 Å². The molecule has 0 aliphatic heterocycles. The first-order valence-electron chi connectivity index (χ1n) is 11.5. The average molecular weight is 467 g/mol. The molecule has 0 spiro atoms. The third-order valence-corrected chi connectivity index (χ3v) is 6.88. The predicted molar refractivity (Wildman–Crippen MR) is 125 cm³/mol. The molecule has 0 heterocycles. The second-order valence-corrected chi connectivity index (χ2v) is 8.97. The number of fused-ring (bicyclic) bond motifs is 3. The van der Waals surface area contributed by atoms with E-state index in [-0.39, 0.29) is 38.0 Å². The molecule has 1 saturated carbocycles. The van der Waals surface area contributed by atoms with Crippen LogP contribution in [0.4, 0.5) is 4.79 Å². The fourth-order valence-electron chi connectivity index (χ4n) is 4.75. The molecule has 1 fully saturated rings. The molecule has 8 nitrogen and oxygen atoms in total. The number of benzene rings is 2. The van der Waals surface area contributed by atoms with Gasteiger partial charge in [0.2, 0.25) is 5.91 Å². The Hall–Kier alpha value is -3.39. The number of alkyl carbamates (subject to hydrolysis) is 1. The van der Waals surface area contributed by atoms with Gasteiger partial charge in [-0.05, 0) is 41.0 Å². The van der Waals surface area contributed by atoms with Gasteiger partial charge in [0.25, 0.3) is 0 Å². The molecule has 2 aromatic carbocycles. The molecule has 0 bridgehead atoms. The Morgan fingerprint density at radius 2 is 1.68 bits per heavy atom. The summed E-state index contributed by atoms with van der Waals surface area (Å²) in [5.74, 6) is -1.87. The Morgan fingerprint density at radius 3 is 2.21 bits per heavy atom. The molecule has 3 atom stereocenters. The first kappa shape index (κ1) is 23.8. The van der Waals surface area contributed by atoms with Gasteiger partial charge in [0, 0.05) is 19.6 Å². The Morgan fingerprint density at radius 1 is 1.06 bits per heavy atom. The van der Waals surface area contributed by atoms with E-state index in [1.807, 2.05) is 36.4 Å². The molecule has 3 N–H and O–H groups in total. The van der Waals surface area contributed by atoms with Crippen molar-refractivity contribution in [2.75, 3.05) is 26.9 Å². The van der Waals surface area contributed by atoms with Crippen molar-refractivity contribution in [2.24, 2.45) is 11.8 Å². The number of hydrogen-bond donors (Lipinski definition) is 3. The quantitative estimate of drug-likeness (QED) is 0.496. The summed E-state index contributed by atoms with van der Waals surface area (Å²) >= 11 is 0. The number of carbonyl (C=O) groups is 3. The van der Waals surface area contributed by atoms with E-state index in [0.717, 1.165) is 22.3 Å². The van der Waals surface area contributed by atoms with E-state index in [1.165, 1.54) is 7.11 Å². The van der Waals surface area contributed by atoms with Crippen molar-refractivity contribution in [1.29, 1.82) is 0 Å². The van der Waals surface area contributed by atoms with E-state index in [1.54, 1.807) is 6.92 Å². The van der Waals surface area contributed by atoms with Crippen LogP contribution in [-0.4, -0.2) is 55.5 Å². The molecule has 8 heteroatoms. The van der Waals surface area contributed by atoms with Gasteiger partial charge in [0.05, 0.1) is 12.5 Å². The van der Waals surface area contributed by atoms with Crippen LogP contribution in [0.3, 0.4) is 0 Å². The highest BCUT2D eigenvalue weighted by Gasteiger charge is 2.45. The number of carbonyl (C=O) groups excluding carboxylic acids is 2. The van der Waals surface area contributed by atoms with Crippen LogP contribution in [-0.2, 0) is 19.1 Å². The SMILES string of the molecule is CCC(COC)(NC(=O)OCC1c2ccccc2-c2ccccc21)C(=O)NCC1CC1C(=O)O. The zero-order chi connectivity index (χ0) is 24.3. The molecule has 0 radical (unpaired) electrons. The van der Waals surface area contributed by atoms with Gasteiger partial charge in [0.1, 0.15) is 12.1 Å². The fourth-order valence-corrected chi connectivity index (χ4v) is 4.75. The van der Waals surface area contributed by atoms with Gasteiger partial charge in [-0.3, -0.25) is 9.59 Å². The molecule has 2 amide bonds. The van der Waals surface area contributed by atoms with Crippen molar-refractivity contribution in [2.45, 2.75) is 31.2 Å². The molecule has 34 heavy (non-hydrogen) atoms. The topological polar surface area (TPSA) is 114 Å². The van der Waals surface area contributed by atoms with Crippen LogP contribution in [0.15, 0.2) is 48.5 Å². The molecule has 0 aromatic heterocycles. The van der Waals surface area contributed by atoms with Gasteiger partial charge in [-0.2, -0.15) is 0 Å². The van der Waals surface area contributed by atoms with Crippen molar-refractivity contribution in [1.82, 2.24) is 10.6 Å². The third kappa shape index (κ3) is 4.63. The molecular weight excluding hydrogens is 436 g/mol. The molecule has 2 aliphatic rings. The first-order chi connectivity index (χ1) is 16.4. The monoisotopic (exact) mass is 466 g/mol. The van der Waals surface area contributed by atoms with Crippen LogP contribution in [0.25, 0.3) is 11.1 Å². The van der Waals surface area contributed by atoms with Gasteiger partial charge in [-0.25, -0.2) is 4.79 Å². The van der Waals surface area contributed by atoms with Crippen LogP contribution in [0, 0.1) is 11.8 Å². The molecule has 4 rings (SSSR count). The number of carboxylic acids is 1. The van der Waals surface area contributed by atoms with Crippen molar-refractivity contribution in [3.8, 4) is 11.1 Å². The second kappa shape index (κ2) is 9.85. The van der Waals surface area contributed by atoms with Crippen molar-refractivity contribution in [3.63, 3.8) is 0 Å². The normalized spacial score (nSPS) is 19.9. The number of aliphatic carboxylic acids is 1. The van der Waals surface area contributed by atoms with Crippen LogP contribution in [0.5, 0.6) is 0 Å². The summed E-state index contributed by atoms with van der Waals surface area (Å²) in [6, 6.07) is 16.1. The zero-order valence-electron chi connectivity index (χ0n) is 19.4. The molecular formula is C26H30N2O6. The second-order valence-electron chi connectivity index (χ2n) is 8.97. The predicted octanol–water partition coefficient (Wildman–Crippen LogP) is 3.16. The lowest BCUT2D eigenvalue weighted by Gasteiger charge is -2.31. The maximum atomic E-state index is 13.0. The number of rotatable bonds is 10. The maximum absolute atomic E-state index is 13.0. The summed E-state index contributed by atoms with van der Waals surface area (Å²) in [4.78, 5) is 36.9. The van der Waals surface area contributed by atoms with Crippen molar-refractivity contribution < 1.29 is 29.0 Å². The fraction of sp³-hybridized carbons (Fsp3) is 0.423. The Kier molecular flexibility index (Phi) is 6.88. The van der Waals surface area contributed by atoms with E-state index < -0.39 is 29.4 Å². The molecule has 0 saturated heterocycles. The zero-order valence-corrected chi connectivity index (χ0v) is 19.4. The number of methoxy groups -OCH3 is 1. The summed E-state index contributed by atoms with van der Waals surface area (Å²) in [5.41, 5.74) is 3.16. The standard InChI is InChI=1S/C26H30N2O6/c1-3-26(15-33-2,24(31)27-13-16-12-21(16)23(29)30)28-25(32)34-14-22-19-10-6-4-8-17(19)18-9-5-7-11-20(18)22/h4-11,16,21-22H,3,12-15H2,1-2H3,(H,27,31)(H,28,32)(H,29,30). The molecule has 2 aliphatic carbocycles. The minimum absolute atomic E-state index is 0.0352. The van der Waals surface area contributed by atoms with E-state index in [4.69, 9.17) is 14.6 Å². The van der Waals surface area contributed by atoms with Gasteiger partial charge >= 0.3 is 12.1 Å². The van der Waals surface area contributed by atoms with Crippen LogP contribution in [0.2, 0.25) is 0 Å². The Bertz CT molecular complexity index is 1040. The van der Waals surface area contributed by atoms with E-state index in [0.29, 0.717) is 6.42 Å². The van der Waals surface area contributed by atoms with Crippen molar-refractivity contribution in [3.05, 3.63) is 59.7 Å². The van der Waals surface area contributed by atoms with Gasteiger partial charge in [-0.1, -0.05) is 55.5 Å². The largest absolute Gasteiger partial charge is 0.481 e. The van der Waals surface area contributed by atoms with Gasteiger partial charge in [-0.15, -0.1) is 0 Å². The number of ether oxygens (including phenoxy) is 2. The minimum atomic E-state index is -1.31. The number of amides is 2. The van der Waals surface area contributed by atoms with Crippen LogP contribution >= 0.6 is 0 Å². The number of hydrogen-bond acceptors (Lipinski definition) is 5. The highest BCUT2D eigenvalue weighted by Crippen LogP contribution is 2.44. The molecule has 3 unspecified atom stereocenters. The Balaban J connectivity index is 1.40. The van der Waals surface area contributed by atoms with E-state index in [2.05, 4.69) is 22.8 Å². The highest BCUT2D eigenvalue weighted by atomic mass is 16.5. The lowest BCUT2D eigenvalue weighted by Crippen LogP contribution is -2.61. The number of nitrogens with one attached hydrogen (secondary N) is 2. The van der Waals surface area contributed by atoms with Gasteiger partial charge in [0.15, 0.2) is 0 Å².